The smallest absolute Gasteiger partial charge is 0.414 e. The van der Waals surface area contributed by atoms with Gasteiger partial charge in [0.1, 0.15) is 12.4 Å². The fourth-order valence-electron chi connectivity index (χ4n) is 4.65. The summed E-state index contributed by atoms with van der Waals surface area (Å²) in [6, 6.07) is 25.2. The van der Waals surface area contributed by atoms with Gasteiger partial charge in [-0.05, 0) is 41.2 Å². The first-order valence-corrected chi connectivity index (χ1v) is 12.6. The van der Waals surface area contributed by atoms with Crippen molar-refractivity contribution in [2.45, 2.75) is 58.0 Å². The SMILES string of the molecule is CC(C)N[C@@H]1CCc2c(ccc(OCc3ccccc3)c2N(C)Cc2ccccc2)[C@H]1O.O=C(O)C(=O)O. The number of carboxylic acid groups (broad SMARTS) is 2. The van der Waals surface area contributed by atoms with E-state index in [4.69, 9.17) is 24.5 Å². The molecule has 0 saturated carbocycles. The molecular formula is C30H36N2O6. The molecule has 0 radical (unpaired) electrons. The van der Waals surface area contributed by atoms with Crippen LogP contribution >= 0.6 is 0 Å². The second kappa shape index (κ2) is 13.6. The molecular weight excluding hydrogens is 484 g/mol. The number of fused-ring (bicyclic) bond motifs is 1. The average molecular weight is 521 g/mol. The minimum atomic E-state index is -1.82. The van der Waals surface area contributed by atoms with Crippen LogP contribution in [0, 0.1) is 0 Å². The first kappa shape index (κ1) is 28.7. The number of nitrogens with one attached hydrogen (secondary N) is 1. The molecule has 0 aliphatic heterocycles. The lowest BCUT2D eigenvalue weighted by atomic mass is 9.84. The number of ether oxygens (including phenoxy) is 1. The van der Waals surface area contributed by atoms with Crippen molar-refractivity contribution in [3.8, 4) is 5.75 Å². The molecule has 4 N–H and O–H groups in total. The Hall–Kier alpha value is -3.88. The van der Waals surface area contributed by atoms with Crippen molar-refractivity contribution in [1.29, 1.82) is 0 Å². The molecule has 8 nitrogen and oxygen atoms in total. The Kier molecular flexibility index (Phi) is 10.3. The molecule has 38 heavy (non-hydrogen) atoms. The van der Waals surface area contributed by atoms with Crippen LogP contribution in [0.5, 0.6) is 5.75 Å². The summed E-state index contributed by atoms with van der Waals surface area (Å²) in [6.07, 6.45) is 1.29. The molecule has 0 amide bonds. The Morgan fingerprint density at radius 1 is 0.947 bits per heavy atom. The maximum Gasteiger partial charge on any atom is 0.414 e. The second-order valence-corrected chi connectivity index (χ2v) is 9.62. The number of anilines is 1. The Morgan fingerprint density at radius 3 is 2.08 bits per heavy atom. The number of aliphatic carboxylic acids is 2. The van der Waals surface area contributed by atoms with Crippen LogP contribution in [0.2, 0.25) is 0 Å². The number of carboxylic acids is 2. The van der Waals surface area contributed by atoms with Gasteiger partial charge in [-0.3, -0.25) is 0 Å². The summed E-state index contributed by atoms with van der Waals surface area (Å²) < 4.78 is 6.34. The topological polar surface area (TPSA) is 119 Å². The highest BCUT2D eigenvalue weighted by Crippen LogP contribution is 2.42. The van der Waals surface area contributed by atoms with Gasteiger partial charge in [-0.25, -0.2) is 9.59 Å². The van der Waals surface area contributed by atoms with Crippen molar-refractivity contribution in [3.05, 3.63) is 95.1 Å². The predicted octanol–water partition coefficient (Wildman–Crippen LogP) is 4.40. The molecule has 0 heterocycles. The van der Waals surface area contributed by atoms with Crippen molar-refractivity contribution in [2.75, 3.05) is 11.9 Å². The van der Waals surface area contributed by atoms with Gasteiger partial charge in [0.25, 0.3) is 0 Å². The van der Waals surface area contributed by atoms with Crippen LogP contribution in [0.4, 0.5) is 5.69 Å². The van der Waals surface area contributed by atoms with Crippen LogP contribution in [-0.4, -0.2) is 46.4 Å². The fraction of sp³-hybridized carbons (Fsp3) is 0.333. The summed E-state index contributed by atoms with van der Waals surface area (Å²) >= 11 is 0. The van der Waals surface area contributed by atoms with E-state index in [1.54, 1.807) is 0 Å². The van der Waals surface area contributed by atoms with Crippen molar-refractivity contribution in [1.82, 2.24) is 5.32 Å². The van der Waals surface area contributed by atoms with Gasteiger partial charge in [0.15, 0.2) is 0 Å². The van der Waals surface area contributed by atoms with E-state index >= 15 is 0 Å². The Balaban J connectivity index is 0.000000599. The van der Waals surface area contributed by atoms with Gasteiger partial charge in [-0.2, -0.15) is 0 Å². The maximum absolute atomic E-state index is 11.1. The lowest BCUT2D eigenvalue weighted by Crippen LogP contribution is -2.42. The third kappa shape index (κ3) is 7.81. The molecule has 0 unspecified atom stereocenters. The number of aliphatic hydroxyl groups is 1. The standard InChI is InChI=1S/C28H34N2O2.C2H2O4/c1-20(2)29-25-16-14-23-24(28(25)31)15-17-26(32-19-22-12-8-5-9-13-22)27(23)30(3)18-21-10-6-4-7-11-21;3-1(4)2(5)6/h4-13,15,17,20,25,28-29,31H,14,16,18-19H2,1-3H3;(H,3,4)(H,5,6)/t25-,28-;/m1./s1. The third-order valence-corrected chi connectivity index (χ3v) is 6.30. The number of hydrogen-bond donors (Lipinski definition) is 4. The summed E-state index contributed by atoms with van der Waals surface area (Å²) in [6.45, 7) is 5.55. The van der Waals surface area contributed by atoms with Crippen LogP contribution in [-0.2, 0) is 29.2 Å². The first-order chi connectivity index (χ1) is 18.2. The summed E-state index contributed by atoms with van der Waals surface area (Å²) in [5.41, 5.74) is 5.68. The van der Waals surface area contributed by atoms with Crippen LogP contribution in [0.25, 0.3) is 0 Å². The molecule has 0 spiro atoms. The second-order valence-electron chi connectivity index (χ2n) is 9.62. The van der Waals surface area contributed by atoms with Crippen molar-refractivity contribution in [3.63, 3.8) is 0 Å². The van der Waals surface area contributed by atoms with Gasteiger partial charge in [0.2, 0.25) is 0 Å². The van der Waals surface area contributed by atoms with E-state index in [1.807, 2.05) is 36.4 Å². The molecule has 0 aromatic heterocycles. The molecule has 1 aliphatic carbocycles. The molecule has 2 atom stereocenters. The van der Waals surface area contributed by atoms with Gasteiger partial charge in [0.05, 0.1) is 11.8 Å². The molecule has 1 aliphatic rings. The lowest BCUT2D eigenvalue weighted by molar-refractivity contribution is -0.159. The molecule has 4 rings (SSSR count). The molecule has 202 valence electrons. The van der Waals surface area contributed by atoms with Crippen LogP contribution < -0.4 is 15.0 Å². The van der Waals surface area contributed by atoms with Crippen LogP contribution in [0.1, 0.15) is 48.6 Å². The number of carbonyl (C=O) groups is 2. The van der Waals surface area contributed by atoms with Gasteiger partial charge in [-0.1, -0.05) is 80.6 Å². The molecule has 0 saturated heterocycles. The summed E-state index contributed by atoms with van der Waals surface area (Å²) in [5, 5.41) is 29.5. The fourth-order valence-corrected chi connectivity index (χ4v) is 4.65. The van der Waals surface area contributed by atoms with Crippen molar-refractivity contribution in [2.24, 2.45) is 0 Å². The zero-order chi connectivity index (χ0) is 27.7. The van der Waals surface area contributed by atoms with Crippen LogP contribution in [0.15, 0.2) is 72.8 Å². The number of rotatable bonds is 8. The minimum Gasteiger partial charge on any atom is -0.487 e. The van der Waals surface area contributed by atoms with Gasteiger partial charge in [0, 0.05) is 25.7 Å². The zero-order valence-electron chi connectivity index (χ0n) is 22.0. The van der Waals surface area contributed by atoms with Crippen LogP contribution in [0.3, 0.4) is 0 Å². The largest absolute Gasteiger partial charge is 0.487 e. The molecule has 0 fully saturated rings. The highest BCUT2D eigenvalue weighted by molar-refractivity contribution is 6.27. The first-order valence-electron chi connectivity index (χ1n) is 12.6. The molecule has 3 aromatic carbocycles. The monoisotopic (exact) mass is 520 g/mol. The normalized spacial score (nSPS) is 16.1. The van der Waals surface area contributed by atoms with E-state index in [2.05, 4.69) is 67.5 Å². The number of nitrogens with zero attached hydrogens (tertiary/aromatic N) is 1. The van der Waals surface area contributed by atoms with Gasteiger partial charge in [-0.15, -0.1) is 0 Å². The summed E-state index contributed by atoms with van der Waals surface area (Å²) in [5.74, 6) is -2.78. The average Bonchev–Trinajstić information content (AvgIpc) is 2.90. The molecule has 8 heteroatoms. The third-order valence-electron chi connectivity index (χ3n) is 6.30. The highest BCUT2D eigenvalue weighted by atomic mass is 16.5. The van der Waals surface area contributed by atoms with Crippen molar-refractivity contribution >= 4 is 17.6 Å². The molecule has 3 aromatic rings. The number of aliphatic hydroxyl groups excluding tert-OH is 1. The van der Waals surface area contributed by atoms with E-state index in [-0.39, 0.29) is 6.04 Å². The highest BCUT2D eigenvalue weighted by Gasteiger charge is 2.31. The summed E-state index contributed by atoms with van der Waals surface area (Å²) in [7, 11) is 2.11. The van der Waals surface area contributed by atoms with E-state index in [1.165, 1.54) is 11.1 Å². The lowest BCUT2D eigenvalue weighted by Gasteiger charge is -2.36. The number of benzene rings is 3. The maximum atomic E-state index is 11.1. The minimum absolute atomic E-state index is 0.0749. The van der Waals surface area contributed by atoms with Gasteiger partial charge < -0.3 is 30.3 Å². The predicted molar refractivity (Wildman–Crippen MR) is 146 cm³/mol. The molecule has 0 bridgehead atoms. The zero-order valence-corrected chi connectivity index (χ0v) is 22.0. The Labute approximate surface area is 223 Å². The Morgan fingerprint density at radius 2 is 1.53 bits per heavy atom. The van der Waals surface area contributed by atoms with Gasteiger partial charge >= 0.3 is 11.9 Å². The van der Waals surface area contributed by atoms with E-state index in [9.17, 15) is 5.11 Å². The summed E-state index contributed by atoms with van der Waals surface area (Å²) in [4.78, 5) is 20.5. The number of hydrogen-bond acceptors (Lipinski definition) is 6. The van der Waals surface area contributed by atoms with E-state index in [0.717, 1.165) is 42.0 Å². The van der Waals surface area contributed by atoms with Crippen molar-refractivity contribution < 1.29 is 29.6 Å². The quantitative estimate of drug-likeness (QED) is 0.323. The van der Waals surface area contributed by atoms with E-state index < -0.39 is 18.0 Å². The van der Waals surface area contributed by atoms with E-state index in [0.29, 0.717) is 12.6 Å². The Bertz CT molecular complexity index is 1190.